The van der Waals surface area contributed by atoms with Crippen LogP contribution in [0.3, 0.4) is 0 Å². The lowest BCUT2D eigenvalue weighted by Gasteiger charge is -1.97. The molecule has 0 spiro atoms. The number of nitrogens with one attached hydrogen (secondary N) is 1. The van der Waals surface area contributed by atoms with Gasteiger partial charge in [0.25, 0.3) is 0 Å². The van der Waals surface area contributed by atoms with Crippen LogP contribution < -0.4 is 0 Å². The fourth-order valence-electron chi connectivity index (χ4n) is 1.42. The van der Waals surface area contributed by atoms with Crippen molar-refractivity contribution in [2.24, 2.45) is 0 Å². The Labute approximate surface area is 98.9 Å². The molecule has 2 rings (SSSR count). The summed E-state index contributed by atoms with van der Waals surface area (Å²) in [5, 5.41) is 0.772. The lowest BCUT2D eigenvalue weighted by molar-refractivity contribution is 1.37. The van der Waals surface area contributed by atoms with E-state index in [1.165, 1.54) is 10.5 Å². The van der Waals surface area contributed by atoms with Crippen molar-refractivity contribution in [2.75, 3.05) is 5.75 Å². The van der Waals surface area contributed by atoms with Crippen molar-refractivity contribution < 1.29 is 0 Å². The minimum atomic E-state index is 0.772. The molecule has 1 aromatic carbocycles. The molecule has 2 aromatic rings. The summed E-state index contributed by atoms with van der Waals surface area (Å²) in [7, 11) is 0. The lowest BCUT2D eigenvalue weighted by Crippen LogP contribution is -1.74. The summed E-state index contributed by atoms with van der Waals surface area (Å²) in [6, 6.07) is 10.0. The Morgan fingerprint density at radius 3 is 2.67 bits per heavy atom. The van der Waals surface area contributed by atoms with Crippen molar-refractivity contribution in [1.82, 2.24) is 4.98 Å². The van der Waals surface area contributed by atoms with Crippen LogP contribution in [0.4, 0.5) is 0 Å². The lowest BCUT2D eigenvalue weighted by atomic mass is 10.2. The van der Waals surface area contributed by atoms with Crippen LogP contribution in [-0.4, -0.2) is 10.7 Å². The zero-order valence-corrected chi connectivity index (χ0v) is 10.0. The third-order valence-electron chi connectivity index (χ3n) is 2.12. The van der Waals surface area contributed by atoms with Gasteiger partial charge in [-0.3, -0.25) is 0 Å². The van der Waals surface area contributed by atoms with E-state index in [1.54, 1.807) is 0 Å². The molecule has 0 aliphatic carbocycles. The monoisotopic (exact) mass is 237 g/mol. The second kappa shape index (κ2) is 4.77. The molecule has 0 aliphatic rings. The van der Waals surface area contributed by atoms with Crippen LogP contribution in [0.1, 0.15) is 6.92 Å². The number of rotatable bonds is 3. The first-order chi connectivity index (χ1) is 7.29. The van der Waals surface area contributed by atoms with Crippen molar-refractivity contribution >= 4 is 23.4 Å². The van der Waals surface area contributed by atoms with Crippen molar-refractivity contribution in [1.29, 1.82) is 0 Å². The largest absolute Gasteiger partial charge is 0.360 e. The van der Waals surface area contributed by atoms with Crippen LogP contribution in [0, 0.1) is 0 Å². The van der Waals surface area contributed by atoms with Crippen LogP contribution in [0.5, 0.6) is 0 Å². The summed E-state index contributed by atoms with van der Waals surface area (Å²) in [6.07, 6.45) is 2.04. The van der Waals surface area contributed by atoms with Gasteiger partial charge in [0.05, 0.1) is 0 Å². The molecular formula is C12H12ClNS. The van der Waals surface area contributed by atoms with E-state index in [-0.39, 0.29) is 0 Å². The third-order valence-corrected chi connectivity index (χ3v) is 3.23. The fraction of sp³-hybridized carbons (Fsp3) is 0.167. The molecule has 1 nitrogen and oxygen atoms in total. The highest BCUT2D eigenvalue weighted by molar-refractivity contribution is 7.99. The summed E-state index contributed by atoms with van der Waals surface area (Å²) < 4.78 is 0. The number of benzene rings is 1. The quantitative estimate of drug-likeness (QED) is 0.780. The summed E-state index contributed by atoms with van der Waals surface area (Å²) >= 11 is 7.68. The van der Waals surface area contributed by atoms with Gasteiger partial charge in [0.15, 0.2) is 0 Å². The first kappa shape index (κ1) is 10.7. The molecule has 1 N–H and O–H groups in total. The molecule has 3 heteroatoms. The SMILES string of the molecule is CCSc1c[nH]c(-c2ccc(Cl)cc2)c1. The zero-order chi connectivity index (χ0) is 10.7. The molecular weight excluding hydrogens is 226 g/mol. The molecule has 0 unspecified atom stereocenters. The minimum Gasteiger partial charge on any atom is -0.360 e. The summed E-state index contributed by atoms with van der Waals surface area (Å²) in [6.45, 7) is 2.15. The molecule has 78 valence electrons. The normalized spacial score (nSPS) is 10.5. The molecule has 15 heavy (non-hydrogen) atoms. The highest BCUT2D eigenvalue weighted by atomic mass is 35.5. The highest BCUT2D eigenvalue weighted by Gasteiger charge is 2.01. The van der Waals surface area contributed by atoms with E-state index >= 15 is 0 Å². The summed E-state index contributed by atoms with van der Waals surface area (Å²) in [4.78, 5) is 4.54. The molecule has 1 aromatic heterocycles. The Morgan fingerprint density at radius 1 is 1.27 bits per heavy atom. The molecule has 0 saturated heterocycles. The van der Waals surface area contributed by atoms with Crippen LogP contribution in [0.15, 0.2) is 41.4 Å². The Morgan fingerprint density at radius 2 is 2.00 bits per heavy atom. The smallest absolute Gasteiger partial charge is 0.0465 e. The maximum atomic E-state index is 5.84. The molecule has 0 fully saturated rings. The van der Waals surface area contributed by atoms with Crippen LogP contribution in [0.25, 0.3) is 11.3 Å². The average Bonchev–Trinajstić information content (AvgIpc) is 2.68. The number of thioether (sulfide) groups is 1. The molecule has 0 saturated carbocycles. The maximum Gasteiger partial charge on any atom is 0.0465 e. The molecule has 0 bridgehead atoms. The van der Waals surface area contributed by atoms with Crippen molar-refractivity contribution in [3.63, 3.8) is 0 Å². The second-order valence-corrected chi connectivity index (χ2v) is 4.96. The fourth-order valence-corrected chi connectivity index (χ4v) is 2.22. The van der Waals surface area contributed by atoms with Gasteiger partial charge in [-0.25, -0.2) is 0 Å². The first-order valence-electron chi connectivity index (χ1n) is 4.86. The molecule has 0 atom stereocenters. The van der Waals surface area contributed by atoms with Crippen molar-refractivity contribution in [3.8, 4) is 11.3 Å². The van der Waals surface area contributed by atoms with E-state index in [4.69, 9.17) is 11.6 Å². The predicted octanol–water partition coefficient (Wildman–Crippen LogP) is 4.45. The van der Waals surface area contributed by atoms with Gasteiger partial charge in [-0.2, -0.15) is 0 Å². The van der Waals surface area contributed by atoms with Crippen molar-refractivity contribution in [3.05, 3.63) is 41.6 Å². The van der Waals surface area contributed by atoms with Crippen molar-refractivity contribution in [2.45, 2.75) is 11.8 Å². The average molecular weight is 238 g/mol. The van der Waals surface area contributed by atoms with Gasteiger partial charge in [-0.15, -0.1) is 11.8 Å². The maximum absolute atomic E-state index is 5.84. The van der Waals surface area contributed by atoms with Gasteiger partial charge in [-0.1, -0.05) is 30.7 Å². The molecule has 0 aliphatic heterocycles. The van der Waals surface area contributed by atoms with E-state index in [1.807, 2.05) is 42.2 Å². The van der Waals surface area contributed by atoms with Crippen LogP contribution in [-0.2, 0) is 0 Å². The van der Waals surface area contributed by atoms with Gasteiger partial charge < -0.3 is 4.98 Å². The van der Waals surface area contributed by atoms with E-state index < -0.39 is 0 Å². The number of halogens is 1. The molecule has 0 amide bonds. The molecule has 0 radical (unpaired) electrons. The Hall–Kier alpha value is -0.860. The highest BCUT2D eigenvalue weighted by Crippen LogP contribution is 2.25. The summed E-state index contributed by atoms with van der Waals surface area (Å²) in [5.74, 6) is 1.10. The number of aromatic amines is 1. The van der Waals surface area contributed by atoms with Crippen LogP contribution in [0.2, 0.25) is 5.02 Å². The van der Waals surface area contributed by atoms with E-state index in [9.17, 15) is 0 Å². The zero-order valence-electron chi connectivity index (χ0n) is 8.46. The Balaban J connectivity index is 2.25. The summed E-state index contributed by atoms with van der Waals surface area (Å²) in [5.41, 5.74) is 2.31. The van der Waals surface area contributed by atoms with Crippen LogP contribution >= 0.6 is 23.4 Å². The van der Waals surface area contributed by atoms with E-state index in [0.29, 0.717) is 0 Å². The predicted molar refractivity (Wildman–Crippen MR) is 67.6 cm³/mol. The molecule has 1 heterocycles. The number of hydrogen-bond acceptors (Lipinski definition) is 1. The van der Waals surface area contributed by atoms with Gasteiger partial charge in [0, 0.05) is 21.8 Å². The Kier molecular flexibility index (Phi) is 3.39. The van der Waals surface area contributed by atoms with Gasteiger partial charge >= 0.3 is 0 Å². The second-order valence-electron chi connectivity index (χ2n) is 3.19. The Bertz CT molecular complexity index is 433. The van der Waals surface area contributed by atoms with E-state index in [0.717, 1.165) is 16.5 Å². The third kappa shape index (κ3) is 2.58. The van der Waals surface area contributed by atoms with Gasteiger partial charge in [0.2, 0.25) is 0 Å². The number of aromatic nitrogens is 1. The minimum absolute atomic E-state index is 0.772. The first-order valence-corrected chi connectivity index (χ1v) is 6.23. The standard InChI is InChI=1S/C12H12ClNS/c1-2-15-11-7-12(14-8-11)9-3-5-10(13)6-4-9/h3-8,14H,2H2,1H3. The number of H-pyrrole nitrogens is 1. The van der Waals surface area contributed by atoms with Gasteiger partial charge in [-0.05, 0) is 29.5 Å². The van der Waals surface area contributed by atoms with Gasteiger partial charge in [0.1, 0.15) is 0 Å². The number of hydrogen-bond donors (Lipinski definition) is 1. The topological polar surface area (TPSA) is 15.8 Å². The van der Waals surface area contributed by atoms with E-state index in [2.05, 4.69) is 18.0 Å².